The van der Waals surface area contributed by atoms with Crippen molar-refractivity contribution in [3.8, 4) is 0 Å². The highest BCUT2D eigenvalue weighted by atomic mass is 16.2. The van der Waals surface area contributed by atoms with Crippen LogP contribution in [0, 0.1) is 0 Å². The first-order chi connectivity index (χ1) is 12.6. The number of carbonyl (C=O) groups excluding carboxylic acids is 3. The molecule has 0 aliphatic carbocycles. The minimum atomic E-state index is -0.702. The molecule has 1 N–H and O–H groups in total. The number of benzodiazepines with no additional fused rings is 1. The molecule has 4 rings (SSSR count). The topological polar surface area (TPSA) is 78.8 Å². The van der Waals surface area contributed by atoms with E-state index in [0.29, 0.717) is 12.1 Å². The second kappa shape index (κ2) is 6.55. The SMILES string of the molecule is O=C1CCC(N2C(=O)CN=C(c3ccccc3)c3ccccc32)C(=O)N1. The van der Waals surface area contributed by atoms with Crippen molar-refractivity contribution in [2.45, 2.75) is 18.9 Å². The van der Waals surface area contributed by atoms with Crippen LogP contribution < -0.4 is 10.2 Å². The van der Waals surface area contributed by atoms with Gasteiger partial charge >= 0.3 is 0 Å². The molecule has 2 aromatic carbocycles. The fourth-order valence-corrected chi connectivity index (χ4v) is 3.44. The summed E-state index contributed by atoms with van der Waals surface area (Å²) in [6, 6.07) is 16.4. The molecule has 6 nitrogen and oxygen atoms in total. The molecule has 2 aromatic rings. The molecule has 26 heavy (non-hydrogen) atoms. The number of amides is 3. The van der Waals surface area contributed by atoms with Gasteiger partial charge in [-0.15, -0.1) is 0 Å². The van der Waals surface area contributed by atoms with Gasteiger partial charge in [0.05, 0.1) is 11.4 Å². The minimum Gasteiger partial charge on any atom is -0.298 e. The average Bonchev–Trinajstić information content (AvgIpc) is 2.79. The fourth-order valence-electron chi connectivity index (χ4n) is 3.44. The Balaban J connectivity index is 1.81. The third kappa shape index (κ3) is 2.79. The summed E-state index contributed by atoms with van der Waals surface area (Å²) in [5.74, 6) is -0.992. The van der Waals surface area contributed by atoms with E-state index in [1.807, 2.05) is 54.6 Å². The van der Waals surface area contributed by atoms with Crippen LogP contribution in [0.15, 0.2) is 59.6 Å². The lowest BCUT2D eigenvalue weighted by atomic mass is 9.98. The quantitative estimate of drug-likeness (QED) is 0.840. The summed E-state index contributed by atoms with van der Waals surface area (Å²) in [5, 5.41) is 2.33. The molecular formula is C20H17N3O3. The first-order valence-electron chi connectivity index (χ1n) is 8.50. The number of benzene rings is 2. The number of hydrogen-bond acceptors (Lipinski definition) is 4. The molecule has 0 bridgehead atoms. The molecule has 2 aliphatic rings. The number of aliphatic imine (C=N–C) groups is 1. The van der Waals surface area contributed by atoms with Crippen molar-refractivity contribution >= 4 is 29.1 Å². The van der Waals surface area contributed by atoms with Gasteiger partial charge in [0.25, 0.3) is 0 Å². The third-order valence-electron chi connectivity index (χ3n) is 4.63. The first kappa shape index (κ1) is 16.2. The van der Waals surface area contributed by atoms with Crippen LogP contribution in [0.4, 0.5) is 5.69 Å². The molecule has 3 amide bonds. The predicted octanol–water partition coefficient (Wildman–Crippen LogP) is 1.68. The van der Waals surface area contributed by atoms with Crippen LogP contribution in [-0.2, 0) is 14.4 Å². The van der Waals surface area contributed by atoms with Crippen molar-refractivity contribution < 1.29 is 14.4 Å². The Labute approximate surface area is 150 Å². The Kier molecular flexibility index (Phi) is 4.08. The second-order valence-electron chi connectivity index (χ2n) is 6.28. The zero-order valence-corrected chi connectivity index (χ0v) is 14.0. The smallest absolute Gasteiger partial charge is 0.249 e. The van der Waals surface area contributed by atoms with Crippen molar-refractivity contribution in [2.75, 3.05) is 11.4 Å². The van der Waals surface area contributed by atoms with Gasteiger partial charge in [0.2, 0.25) is 17.7 Å². The van der Waals surface area contributed by atoms with Crippen LogP contribution in [0.1, 0.15) is 24.0 Å². The molecule has 0 saturated carbocycles. The number of nitrogens with zero attached hydrogens (tertiary/aromatic N) is 2. The van der Waals surface area contributed by atoms with Gasteiger partial charge in [0.1, 0.15) is 12.6 Å². The number of carbonyl (C=O) groups is 3. The summed E-state index contributed by atoms with van der Waals surface area (Å²) in [6.07, 6.45) is 0.528. The van der Waals surface area contributed by atoms with Crippen molar-refractivity contribution in [2.24, 2.45) is 4.99 Å². The lowest BCUT2D eigenvalue weighted by molar-refractivity contribution is -0.135. The van der Waals surface area contributed by atoms with Gasteiger partial charge in [-0.25, -0.2) is 0 Å². The second-order valence-corrected chi connectivity index (χ2v) is 6.28. The lowest BCUT2D eigenvalue weighted by Crippen LogP contribution is -2.55. The molecule has 0 spiro atoms. The van der Waals surface area contributed by atoms with E-state index in [1.165, 1.54) is 4.90 Å². The molecule has 1 saturated heterocycles. The van der Waals surface area contributed by atoms with Crippen LogP contribution >= 0.6 is 0 Å². The molecule has 1 atom stereocenters. The number of para-hydroxylation sites is 1. The van der Waals surface area contributed by atoms with Gasteiger partial charge in [-0.05, 0) is 12.5 Å². The number of rotatable bonds is 2. The van der Waals surface area contributed by atoms with Crippen molar-refractivity contribution in [1.29, 1.82) is 0 Å². The molecule has 2 aliphatic heterocycles. The van der Waals surface area contributed by atoms with Crippen LogP contribution in [0.2, 0.25) is 0 Å². The average molecular weight is 347 g/mol. The highest BCUT2D eigenvalue weighted by Crippen LogP contribution is 2.30. The fraction of sp³-hybridized carbons (Fsp3) is 0.200. The number of hydrogen-bond donors (Lipinski definition) is 1. The van der Waals surface area contributed by atoms with E-state index in [9.17, 15) is 14.4 Å². The highest BCUT2D eigenvalue weighted by Gasteiger charge is 2.37. The standard InChI is InChI=1S/C20H17N3O3/c24-17-11-10-16(20(26)22-17)23-15-9-5-4-8-14(15)19(21-12-18(23)25)13-6-2-1-3-7-13/h1-9,16H,10-12H2,(H,22,24,26). The maximum Gasteiger partial charge on any atom is 0.249 e. The summed E-state index contributed by atoms with van der Waals surface area (Å²) in [4.78, 5) is 42.7. The van der Waals surface area contributed by atoms with Crippen LogP contribution in [0.5, 0.6) is 0 Å². The summed E-state index contributed by atoms with van der Waals surface area (Å²) in [6.45, 7) is -0.0450. The molecule has 0 radical (unpaired) electrons. The number of imide groups is 1. The molecular weight excluding hydrogens is 330 g/mol. The lowest BCUT2D eigenvalue weighted by Gasteiger charge is -2.33. The van der Waals surface area contributed by atoms with Crippen molar-refractivity contribution in [3.63, 3.8) is 0 Å². The first-order valence-corrected chi connectivity index (χ1v) is 8.50. The van der Waals surface area contributed by atoms with E-state index in [1.54, 1.807) is 0 Å². The molecule has 1 fully saturated rings. The van der Waals surface area contributed by atoms with Gasteiger partial charge in [-0.3, -0.25) is 29.6 Å². The Morgan fingerprint density at radius 1 is 0.962 bits per heavy atom. The number of fused-ring (bicyclic) bond motifs is 1. The van der Waals surface area contributed by atoms with Gasteiger partial charge in [-0.2, -0.15) is 0 Å². The Morgan fingerprint density at radius 3 is 2.46 bits per heavy atom. The van der Waals surface area contributed by atoms with Crippen LogP contribution in [0.3, 0.4) is 0 Å². The highest BCUT2D eigenvalue weighted by molar-refractivity contribution is 6.20. The Hall–Kier alpha value is -3.28. The van der Waals surface area contributed by atoms with Gasteiger partial charge < -0.3 is 0 Å². The van der Waals surface area contributed by atoms with Gasteiger partial charge in [0, 0.05) is 17.5 Å². The van der Waals surface area contributed by atoms with Crippen LogP contribution in [-0.4, -0.2) is 36.0 Å². The molecule has 1 unspecified atom stereocenters. The maximum absolute atomic E-state index is 12.8. The predicted molar refractivity (Wildman–Crippen MR) is 97.0 cm³/mol. The van der Waals surface area contributed by atoms with E-state index < -0.39 is 11.9 Å². The van der Waals surface area contributed by atoms with Gasteiger partial charge in [0.15, 0.2) is 0 Å². The van der Waals surface area contributed by atoms with Crippen molar-refractivity contribution in [3.05, 3.63) is 65.7 Å². The van der Waals surface area contributed by atoms with Crippen molar-refractivity contribution in [1.82, 2.24) is 5.32 Å². The normalized spacial score (nSPS) is 20.2. The monoisotopic (exact) mass is 347 g/mol. The Morgan fingerprint density at radius 2 is 1.69 bits per heavy atom. The number of anilines is 1. The zero-order chi connectivity index (χ0) is 18.1. The molecule has 2 heterocycles. The molecule has 6 heteroatoms. The van der Waals surface area contributed by atoms with Gasteiger partial charge in [-0.1, -0.05) is 48.5 Å². The summed E-state index contributed by atoms with van der Waals surface area (Å²) < 4.78 is 0. The Bertz CT molecular complexity index is 921. The maximum atomic E-state index is 12.8. The zero-order valence-electron chi connectivity index (χ0n) is 14.0. The third-order valence-corrected chi connectivity index (χ3v) is 4.63. The minimum absolute atomic E-state index is 0.0450. The van der Waals surface area contributed by atoms with E-state index >= 15 is 0 Å². The molecule has 0 aromatic heterocycles. The van der Waals surface area contributed by atoms with E-state index in [2.05, 4.69) is 10.3 Å². The summed E-state index contributed by atoms with van der Waals surface area (Å²) in [7, 11) is 0. The van der Waals surface area contributed by atoms with Crippen LogP contribution in [0.25, 0.3) is 0 Å². The number of nitrogens with one attached hydrogen (secondary N) is 1. The van der Waals surface area contributed by atoms with E-state index in [4.69, 9.17) is 0 Å². The number of piperidine rings is 1. The van der Waals surface area contributed by atoms with E-state index in [-0.39, 0.29) is 24.8 Å². The van der Waals surface area contributed by atoms with E-state index in [0.717, 1.165) is 16.8 Å². The largest absolute Gasteiger partial charge is 0.298 e. The summed E-state index contributed by atoms with van der Waals surface area (Å²) in [5.41, 5.74) is 3.09. The summed E-state index contributed by atoms with van der Waals surface area (Å²) >= 11 is 0. The molecule has 130 valence electrons.